The largest absolute Gasteiger partial charge is 0.461 e. The van der Waals surface area contributed by atoms with Crippen LogP contribution in [0.1, 0.15) is 34.1 Å². The lowest BCUT2D eigenvalue weighted by molar-refractivity contribution is -0.239. The average Bonchev–Trinajstić information content (AvgIpc) is 2.91. The van der Waals surface area contributed by atoms with Gasteiger partial charge in [0.2, 0.25) is 0 Å². The summed E-state index contributed by atoms with van der Waals surface area (Å²) in [6, 6.07) is 0. The Morgan fingerprint density at radius 2 is 1.95 bits per heavy atom. The number of aliphatic hydroxyl groups is 1. The van der Waals surface area contributed by atoms with Crippen LogP contribution in [-0.4, -0.2) is 34.9 Å². The fraction of sp³-hybridized carbons (Fsp3) is 0.765. The summed E-state index contributed by atoms with van der Waals surface area (Å²) < 4.78 is 11.6. The lowest BCUT2D eigenvalue weighted by atomic mass is 9.64. The monoisotopic (exact) mass is 306 g/mol. The quantitative estimate of drug-likeness (QED) is 0.686. The van der Waals surface area contributed by atoms with Crippen molar-refractivity contribution >= 4 is 11.8 Å². The molecular formula is C17H22O5. The van der Waals surface area contributed by atoms with E-state index in [0.29, 0.717) is 6.42 Å². The maximum absolute atomic E-state index is 12.6. The summed E-state index contributed by atoms with van der Waals surface area (Å²) in [6.07, 6.45) is 3.48. The van der Waals surface area contributed by atoms with Crippen LogP contribution in [0, 0.1) is 28.6 Å². The Morgan fingerprint density at radius 1 is 1.27 bits per heavy atom. The summed E-state index contributed by atoms with van der Waals surface area (Å²) in [5.41, 5.74) is -1.86. The molecule has 0 aromatic heterocycles. The Balaban J connectivity index is 1.92. The lowest BCUT2D eigenvalue weighted by Crippen LogP contribution is -2.47. The molecule has 5 nitrogen and oxygen atoms in total. The van der Waals surface area contributed by atoms with Crippen LogP contribution in [0.4, 0.5) is 0 Å². The minimum absolute atomic E-state index is 0.0226. The normalized spacial score (nSPS) is 59.2. The van der Waals surface area contributed by atoms with Gasteiger partial charge in [-0.15, -0.1) is 0 Å². The average molecular weight is 306 g/mol. The molecule has 22 heavy (non-hydrogen) atoms. The molecule has 2 saturated heterocycles. The highest BCUT2D eigenvalue weighted by atomic mass is 16.7. The van der Waals surface area contributed by atoms with Gasteiger partial charge in [0.15, 0.2) is 11.6 Å². The van der Waals surface area contributed by atoms with Crippen molar-refractivity contribution in [2.24, 2.45) is 28.6 Å². The van der Waals surface area contributed by atoms with E-state index in [1.165, 1.54) is 6.92 Å². The molecule has 2 aliphatic heterocycles. The SMILES string of the molecule is CC1CC2OC(=O)[C@]3(C)C2C(OC3(C)O)[C@]2(C)C(=O)C=CC12. The summed E-state index contributed by atoms with van der Waals surface area (Å²) >= 11 is 0. The highest BCUT2D eigenvalue weighted by Gasteiger charge is 2.76. The molecule has 1 N–H and O–H groups in total. The highest BCUT2D eigenvalue weighted by molar-refractivity contribution is 5.98. The molecule has 8 atom stereocenters. The molecule has 2 aliphatic carbocycles. The second-order valence-electron chi connectivity index (χ2n) is 7.94. The van der Waals surface area contributed by atoms with Crippen molar-refractivity contribution in [3.05, 3.63) is 12.2 Å². The second kappa shape index (κ2) is 3.82. The maximum Gasteiger partial charge on any atom is 0.318 e. The number of hydrogen-bond acceptors (Lipinski definition) is 5. The van der Waals surface area contributed by atoms with E-state index in [9.17, 15) is 14.7 Å². The van der Waals surface area contributed by atoms with Gasteiger partial charge >= 0.3 is 5.97 Å². The molecule has 2 heterocycles. The van der Waals surface area contributed by atoms with Crippen molar-refractivity contribution in [1.29, 1.82) is 0 Å². The summed E-state index contributed by atoms with van der Waals surface area (Å²) in [5, 5.41) is 10.8. The third-order valence-electron chi connectivity index (χ3n) is 6.88. The van der Waals surface area contributed by atoms with Gasteiger partial charge in [-0.1, -0.05) is 13.0 Å². The van der Waals surface area contributed by atoms with Gasteiger partial charge in [0, 0.05) is 5.92 Å². The molecule has 0 aromatic carbocycles. The van der Waals surface area contributed by atoms with Gasteiger partial charge in [-0.05, 0) is 45.1 Å². The van der Waals surface area contributed by atoms with E-state index in [0.717, 1.165) is 0 Å². The number of rotatable bonds is 0. The smallest absolute Gasteiger partial charge is 0.318 e. The van der Waals surface area contributed by atoms with Crippen molar-refractivity contribution in [3.63, 3.8) is 0 Å². The minimum atomic E-state index is -1.62. The van der Waals surface area contributed by atoms with E-state index >= 15 is 0 Å². The summed E-state index contributed by atoms with van der Waals surface area (Å²) in [6.45, 7) is 7.23. The Kier molecular flexibility index (Phi) is 2.50. The van der Waals surface area contributed by atoms with Gasteiger partial charge in [0.25, 0.3) is 0 Å². The van der Waals surface area contributed by atoms with Gasteiger partial charge < -0.3 is 14.6 Å². The van der Waals surface area contributed by atoms with Gasteiger partial charge in [0.1, 0.15) is 11.5 Å². The number of ketones is 1. The Labute approximate surface area is 129 Å². The van der Waals surface area contributed by atoms with E-state index in [1.54, 1.807) is 13.0 Å². The van der Waals surface area contributed by atoms with Crippen LogP contribution in [0.25, 0.3) is 0 Å². The fourth-order valence-electron chi connectivity index (χ4n) is 5.33. The van der Waals surface area contributed by atoms with E-state index in [2.05, 4.69) is 6.92 Å². The molecule has 4 aliphatic rings. The second-order valence-corrected chi connectivity index (χ2v) is 7.94. The minimum Gasteiger partial charge on any atom is -0.461 e. The zero-order valence-corrected chi connectivity index (χ0v) is 13.3. The lowest BCUT2D eigenvalue weighted by Gasteiger charge is -2.37. The van der Waals surface area contributed by atoms with Gasteiger partial charge in [-0.3, -0.25) is 9.59 Å². The first-order valence-electron chi connectivity index (χ1n) is 7.98. The molecule has 0 aromatic rings. The molecule has 0 radical (unpaired) electrons. The number of carbonyl (C=O) groups is 2. The number of esters is 1. The van der Waals surface area contributed by atoms with Crippen molar-refractivity contribution in [3.8, 4) is 0 Å². The third kappa shape index (κ3) is 1.30. The van der Waals surface area contributed by atoms with E-state index < -0.39 is 28.7 Å². The van der Waals surface area contributed by atoms with E-state index in [1.807, 2.05) is 13.0 Å². The number of allylic oxidation sites excluding steroid dienone is 2. The Bertz CT molecular complexity index is 608. The van der Waals surface area contributed by atoms with Crippen molar-refractivity contribution in [2.45, 2.75) is 52.1 Å². The molecule has 0 bridgehead atoms. The Morgan fingerprint density at radius 3 is 2.64 bits per heavy atom. The Hall–Kier alpha value is -1.20. The fourth-order valence-corrected chi connectivity index (χ4v) is 5.33. The van der Waals surface area contributed by atoms with Crippen LogP contribution in [-0.2, 0) is 19.1 Å². The van der Waals surface area contributed by atoms with Crippen LogP contribution >= 0.6 is 0 Å². The zero-order valence-electron chi connectivity index (χ0n) is 13.3. The maximum atomic E-state index is 12.6. The predicted molar refractivity (Wildman–Crippen MR) is 76.5 cm³/mol. The first kappa shape index (κ1) is 14.4. The van der Waals surface area contributed by atoms with Gasteiger partial charge in [0.05, 0.1) is 11.5 Å². The van der Waals surface area contributed by atoms with Crippen LogP contribution in [0.5, 0.6) is 0 Å². The number of fused-ring (bicyclic) bond motifs is 2. The van der Waals surface area contributed by atoms with Crippen molar-refractivity contribution in [2.75, 3.05) is 0 Å². The first-order chi connectivity index (χ1) is 10.1. The standard InChI is InChI=1S/C17H22O5/c1-8-7-10-12-13(15(2)9(8)5-6-11(15)18)22-17(4,20)16(12,3)14(19)21-10/h5-6,8-10,12-13,20H,7H2,1-4H3/t8?,9?,10?,12?,13?,15-,16-,17?/m0/s1. The third-order valence-corrected chi connectivity index (χ3v) is 6.88. The number of hydrogen-bond donors (Lipinski definition) is 1. The summed E-state index contributed by atoms with van der Waals surface area (Å²) in [4.78, 5) is 25.1. The molecule has 120 valence electrons. The molecule has 0 spiro atoms. The number of ether oxygens (including phenoxy) is 2. The van der Waals surface area contributed by atoms with E-state index in [-0.39, 0.29) is 29.6 Å². The first-order valence-corrected chi connectivity index (χ1v) is 7.98. The predicted octanol–water partition coefficient (Wildman–Crippen LogP) is 1.44. The van der Waals surface area contributed by atoms with Crippen LogP contribution in [0.2, 0.25) is 0 Å². The molecule has 4 rings (SSSR count). The van der Waals surface area contributed by atoms with Crippen LogP contribution in [0.15, 0.2) is 12.2 Å². The van der Waals surface area contributed by atoms with Crippen LogP contribution in [0.3, 0.4) is 0 Å². The van der Waals surface area contributed by atoms with Gasteiger partial charge in [-0.25, -0.2) is 0 Å². The summed E-state index contributed by atoms with van der Waals surface area (Å²) in [5.74, 6) is -2.04. The molecular weight excluding hydrogens is 284 g/mol. The zero-order chi connectivity index (χ0) is 16.1. The highest BCUT2D eigenvalue weighted by Crippen LogP contribution is 2.64. The molecule has 1 saturated carbocycles. The van der Waals surface area contributed by atoms with Crippen molar-refractivity contribution < 1.29 is 24.2 Å². The van der Waals surface area contributed by atoms with Gasteiger partial charge in [-0.2, -0.15) is 0 Å². The molecule has 5 heteroatoms. The topological polar surface area (TPSA) is 72.8 Å². The molecule has 3 fully saturated rings. The molecule has 0 amide bonds. The number of carbonyl (C=O) groups excluding carboxylic acids is 2. The van der Waals surface area contributed by atoms with E-state index in [4.69, 9.17) is 9.47 Å². The molecule has 6 unspecified atom stereocenters. The summed E-state index contributed by atoms with van der Waals surface area (Å²) in [7, 11) is 0. The van der Waals surface area contributed by atoms with Crippen LogP contribution < -0.4 is 0 Å². The van der Waals surface area contributed by atoms with Crippen molar-refractivity contribution in [1.82, 2.24) is 0 Å².